The molecule has 3 unspecified atom stereocenters. The summed E-state index contributed by atoms with van der Waals surface area (Å²) in [7, 11) is 0. The van der Waals surface area contributed by atoms with E-state index in [2.05, 4.69) is 21.3 Å². The normalized spacial score (nSPS) is 20.9. The first-order valence-corrected chi connectivity index (χ1v) is 10.6. The van der Waals surface area contributed by atoms with Crippen LogP contribution in [-0.2, 0) is 9.59 Å². The topological polar surface area (TPSA) is 125 Å². The molecule has 0 aromatic heterocycles. The maximum atomic E-state index is 12.4. The number of hydrogen-bond acceptors (Lipinski definition) is 6. The van der Waals surface area contributed by atoms with Crippen molar-refractivity contribution in [1.29, 1.82) is 0 Å². The molecule has 10 heteroatoms. The number of amides is 3. The zero-order valence-corrected chi connectivity index (χ0v) is 17.7. The highest BCUT2D eigenvalue weighted by molar-refractivity contribution is 8.00. The second kappa shape index (κ2) is 9.94. The van der Waals surface area contributed by atoms with Crippen LogP contribution >= 0.6 is 23.4 Å². The molecule has 1 saturated heterocycles. The predicted molar refractivity (Wildman–Crippen MR) is 118 cm³/mol. The van der Waals surface area contributed by atoms with Crippen molar-refractivity contribution in [3.05, 3.63) is 64.7 Å². The molecule has 0 radical (unpaired) electrons. The van der Waals surface area contributed by atoms with Gasteiger partial charge in [0.05, 0.1) is 11.9 Å². The molecular formula is C20H22ClN5O3S. The standard InChI is InChI=1S/C20H22ClN5O3S/c1-11-2-4-12(5-3-11)18(28)24-16-17(22)25-20(26-19(16)29)30-10-15(27)23-14-8-6-13(21)7-9-14/h2-9,16-17,20,25H,10,22H2,1H3,(H,23,27)(H,24,28)(H,26,29). The molecule has 2 aromatic carbocycles. The van der Waals surface area contributed by atoms with Crippen LogP contribution in [0.2, 0.25) is 5.02 Å². The van der Waals surface area contributed by atoms with Gasteiger partial charge in [-0.25, -0.2) is 0 Å². The van der Waals surface area contributed by atoms with Gasteiger partial charge in [-0.3, -0.25) is 19.7 Å². The molecule has 158 valence electrons. The minimum atomic E-state index is -0.932. The van der Waals surface area contributed by atoms with Crippen molar-refractivity contribution in [3.8, 4) is 0 Å². The van der Waals surface area contributed by atoms with Crippen LogP contribution in [-0.4, -0.2) is 41.2 Å². The summed E-state index contributed by atoms with van der Waals surface area (Å²) in [5.41, 5.74) is 7.58. The Morgan fingerprint density at radius 3 is 2.43 bits per heavy atom. The molecule has 1 heterocycles. The number of aryl methyl sites for hydroxylation is 1. The lowest BCUT2D eigenvalue weighted by Gasteiger charge is -2.35. The molecule has 3 atom stereocenters. The number of nitrogens with two attached hydrogens (primary N) is 1. The van der Waals surface area contributed by atoms with Crippen LogP contribution in [0.3, 0.4) is 0 Å². The van der Waals surface area contributed by atoms with E-state index in [9.17, 15) is 14.4 Å². The highest BCUT2D eigenvalue weighted by Crippen LogP contribution is 2.15. The third-order valence-corrected chi connectivity index (χ3v) is 5.64. The first-order chi connectivity index (χ1) is 14.3. The van der Waals surface area contributed by atoms with Crippen LogP contribution in [0.5, 0.6) is 0 Å². The number of carbonyl (C=O) groups is 3. The lowest BCUT2D eigenvalue weighted by atomic mass is 10.1. The van der Waals surface area contributed by atoms with Gasteiger partial charge >= 0.3 is 0 Å². The molecule has 1 aliphatic rings. The highest BCUT2D eigenvalue weighted by atomic mass is 35.5. The Hall–Kier alpha value is -2.59. The monoisotopic (exact) mass is 447 g/mol. The molecule has 2 aromatic rings. The molecule has 0 saturated carbocycles. The summed E-state index contributed by atoms with van der Waals surface area (Å²) in [5.74, 6) is -0.951. The molecule has 1 fully saturated rings. The van der Waals surface area contributed by atoms with Crippen molar-refractivity contribution in [2.24, 2.45) is 5.73 Å². The number of carbonyl (C=O) groups excluding carboxylic acids is 3. The smallest absolute Gasteiger partial charge is 0.252 e. The Morgan fingerprint density at radius 1 is 1.13 bits per heavy atom. The van der Waals surface area contributed by atoms with Gasteiger partial charge in [0, 0.05) is 16.3 Å². The van der Waals surface area contributed by atoms with Gasteiger partial charge in [0.15, 0.2) is 0 Å². The van der Waals surface area contributed by atoms with E-state index in [-0.39, 0.29) is 17.6 Å². The van der Waals surface area contributed by atoms with Gasteiger partial charge in [0.2, 0.25) is 11.8 Å². The highest BCUT2D eigenvalue weighted by Gasteiger charge is 2.35. The summed E-state index contributed by atoms with van der Waals surface area (Å²) in [4.78, 5) is 36.9. The van der Waals surface area contributed by atoms with E-state index in [0.29, 0.717) is 16.3 Å². The van der Waals surface area contributed by atoms with Crippen LogP contribution in [0.4, 0.5) is 5.69 Å². The summed E-state index contributed by atoms with van der Waals surface area (Å²) in [6.45, 7) is 1.92. The molecule has 3 rings (SSSR count). The zero-order chi connectivity index (χ0) is 21.7. The van der Waals surface area contributed by atoms with Gasteiger partial charge in [-0.2, -0.15) is 0 Å². The average Bonchev–Trinajstić information content (AvgIpc) is 2.71. The molecule has 8 nitrogen and oxygen atoms in total. The molecular weight excluding hydrogens is 426 g/mol. The number of rotatable bonds is 6. The van der Waals surface area contributed by atoms with Crippen molar-refractivity contribution in [3.63, 3.8) is 0 Å². The molecule has 30 heavy (non-hydrogen) atoms. The van der Waals surface area contributed by atoms with Crippen LogP contribution in [0.1, 0.15) is 15.9 Å². The second-order valence-electron chi connectivity index (χ2n) is 6.76. The van der Waals surface area contributed by atoms with E-state index >= 15 is 0 Å². The summed E-state index contributed by atoms with van der Waals surface area (Å²) < 4.78 is 0. The van der Waals surface area contributed by atoms with Crippen molar-refractivity contribution >= 4 is 46.8 Å². The fourth-order valence-electron chi connectivity index (χ4n) is 2.76. The third kappa shape index (κ3) is 5.96. The number of halogens is 1. The molecule has 0 bridgehead atoms. The van der Waals surface area contributed by atoms with Gasteiger partial charge in [0.1, 0.15) is 11.5 Å². The van der Waals surface area contributed by atoms with Gasteiger partial charge < -0.3 is 21.7 Å². The quantitative estimate of drug-likeness (QED) is 0.456. The summed E-state index contributed by atoms with van der Waals surface area (Å²) in [6.07, 6.45) is -0.801. The molecule has 0 aliphatic carbocycles. The van der Waals surface area contributed by atoms with E-state index in [1.165, 1.54) is 11.8 Å². The Labute approximate surface area is 183 Å². The number of benzene rings is 2. The lowest BCUT2D eigenvalue weighted by molar-refractivity contribution is -0.125. The number of thioether (sulfide) groups is 1. The van der Waals surface area contributed by atoms with Crippen LogP contribution < -0.4 is 27.0 Å². The lowest BCUT2D eigenvalue weighted by Crippen LogP contribution is -2.70. The third-order valence-electron chi connectivity index (χ3n) is 4.37. The molecule has 1 aliphatic heterocycles. The number of anilines is 1. The van der Waals surface area contributed by atoms with E-state index in [1.54, 1.807) is 36.4 Å². The Balaban J connectivity index is 1.48. The van der Waals surface area contributed by atoms with Crippen molar-refractivity contribution < 1.29 is 14.4 Å². The van der Waals surface area contributed by atoms with E-state index in [4.69, 9.17) is 17.3 Å². The number of hydrogen-bond donors (Lipinski definition) is 5. The average molecular weight is 448 g/mol. The predicted octanol–water partition coefficient (Wildman–Crippen LogP) is 1.41. The molecule has 0 spiro atoms. The minimum Gasteiger partial charge on any atom is -0.338 e. The van der Waals surface area contributed by atoms with Gasteiger partial charge in [0.25, 0.3) is 5.91 Å². The fraction of sp³-hybridized carbons (Fsp3) is 0.250. The molecule has 3 amide bonds. The molecule has 6 N–H and O–H groups in total. The Kier molecular flexibility index (Phi) is 7.33. The van der Waals surface area contributed by atoms with Gasteiger partial charge in [-0.05, 0) is 43.3 Å². The minimum absolute atomic E-state index is 0.0910. The van der Waals surface area contributed by atoms with Crippen molar-refractivity contribution in [2.75, 3.05) is 11.1 Å². The van der Waals surface area contributed by atoms with Crippen LogP contribution in [0.15, 0.2) is 48.5 Å². The van der Waals surface area contributed by atoms with Crippen molar-refractivity contribution in [2.45, 2.75) is 24.6 Å². The Bertz CT molecular complexity index is 923. The van der Waals surface area contributed by atoms with Crippen molar-refractivity contribution in [1.82, 2.24) is 16.0 Å². The summed E-state index contributed by atoms with van der Waals surface area (Å²) >= 11 is 7.00. The van der Waals surface area contributed by atoms with Crippen LogP contribution in [0.25, 0.3) is 0 Å². The second-order valence-corrected chi connectivity index (χ2v) is 8.29. The number of nitrogens with one attached hydrogen (secondary N) is 4. The van der Waals surface area contributed by atoms with Crippen LogP contribution in [0, 0.1) is 6.92 Å². The SMILES string of the molecule is Cc1ccc(C(=O)NC2C(=O)NC(SCC(=O)Nc3ccc(Cl)cc3)NC2N)cc1. The summed E-state index contributed by atoms with van der Waals surface area (Å²) in [5, 5.41) is 11.7. The Morgan fingerprint density at radius 2 is 1.80 bits per heavy atom. The van der Waals surface area contributed by atoms with Gasteiger partial charge in [-0.1, -0.05) is 29.3 Å². The van der Waals surface area contributed by atoms with E-state index < -0.39 is 23.6 Å². The maximum absolute atomic E-state index is 12.4. The first-order valence-electron chi connectivity index (χ1n) is 9.18. The van der Waals surface area contributed by atoms with E-state index in [0.717, 1.165) is 5.56 Å². The van der Waals surface area contributed by atoms with Gasteiger partial charge in [-0.15, -0.1) is 11.8 Å². The summed E-state index contributed by atoms with van der Waals surface area (Å²) in [6, 6.07) is 12.8. The largest absolute Gasteiger partial charge is 0.338 e. The fourth-order valence-corrected chi connectivity index (χ4v) is 3.73. The maximum Gasteiger partial charge on any atom is 0.252 e. The zero-order valence-electron chi connectivity index (χ0n) is 16.1. The first kappa shape index (κ1) is 22.1. The van der Waals surface area contributed by atoms with E-state index in [1.807, 2.05) is 19.1 Å².